The van der Waals surface area contributed by atoms with Gasteiger partial charge in [0.2, 0.25) is 0 Å². The summed E-state index contributed by atoms with van der Waals surface area (Å²) in [5.41, 5.74) is 8.97. The molecule has 0 aliphatic carbocycles. The Morgan fingerprint density at radius 2 is 2.00 bits per heavy atom. The molecule has 15 heavy (non-hydrogen) atoms. The van der Waals surface area contributed by atoms with E-state index in [0.717, 1.165) is 21.9 Å². The van der Waals surface area contributed by atoms with Gasteiger partial charge in [0.15, 0.2) is 0 Å². The molecule has 0 saturated heterocycles. The zero-order valence-corrected chi connectivity index (χ0v) is 10.5. The van der Waals surface area contributed by atoms with Crippen molar-refractivity contribution in [2.75, 3.05) is 13.7 Å². The van der Waals surface area contributed by atoms with Crippen LogP contribution in [0.15, 0.2) is 6.07 Å². The van der Waals surface area contributed by atoms with E-state index in [0.29, 0.717) is 12.5 Å². The molecule has 0 aliphatic heterocycles. The van der Waals surface area contributed by atoms with Crippen molar-refractivity contribution in [3.8, 4) is 5.75 Å². The molecule has 0 spiro atoms. The van der Waals surface area contributed by atoms with Gasteiger partial charge in [-0.25, -0.2) is 0 Å². The van der Waals surface area contributed by atoms with Gasteiger partial charge in [-0.15, -0.1) is 0 Å². The molecule has 1 unspecified atom stereocenters. The molecule has 1 aromatic carbocycles. The van der Waals surface area contributed by atoms with Crippen molar-refractivity contribution < 1.29 is 4.74 Å². The van der Waals surface area contributed by atoms with Gasteiger partial charge in [0.05, 0.1) is 7.11 Å². The summed E-state index contributed by atoms with van der Waals surface area (Å²) in [5.74, 6) is 1.18. The second-order valence-electron chi connectivity index (χ2n) is 3.87. The zero-order chi connectivity index (χ0) is 11.6. The normalized spacial score (nSPS) is 12.7. The Morgan fingerprint density at radius 3 is 2.47 bits per heavy atom. The zero-order valence-electron chi connectivity index (χ0n) is 9.73. The van der Waals surface area contributed by atoms with E-state index < -0.39 is 0 Å². The smallest absolute Gasteiger partial charge is 0.126 e. The molecule has 2 nitrogen and oxygen atoms in total. The van der Waals surface area contributed by atoms with Crippen LogP contribution in [-0.4, -0.2) is 13.7 Å². The largest absolute Gasteiger partial charge is 0.496 e. The van der Waals surface area contributed by atoms with Crippen LogP contribution >= 0.6 is 11.6 Å². The number of nitrogens with two attached hydrogens (primary N) is 1. The van der Waals surface area contributed by atoms with E-state index in [1.54, 1.807) is 7.11 Å². The van der Waals surface area contributed by atoms with Gasteiger partial charge in [0.25, 0.3) is 0 Å². The van der Waals surface area contributed by atoms with Crippen LogP contribution in [0.3, 0.4) is 0 Å². The summed E-state index contributed by atoms with van der Waals surface area (Å²) in [6.07, 6.45) is 0. The van der Waals surface area contributed by atoms with Crippen LogP contribution in [0.25, 0.3) is 0 Å². The van der Waals surface area contributed by atoms with Crippen LogP contribution in [0.5, 0.6) is 5.75 Å². The first-order valence-electron chi connectivity index (χ1n) is 5.06. The fourth-order valence-corrected chi connectivity index (χ4v) is 2.02. The molecule has 0 bridgehead atoms. The van der Waals surface area contributed by atoms with Gasteiger partial charge >= 0.3 is 0 Å². The van der Waals surface area contributed by atoms with Gasteiger partial charge in [0, 0.05) is 10.6 Å². The number of rotatable bonds is 3. The van der Waals surface area contributed by atoms with Crippen molar-refractivity contribution in [1.29, 1.82) is 0 Å². The lowest BCUT2D eigenvalue weighted by molar-refractivity contribution is 0.407. The van der Waals surface area contributed by atoms with Crippen LogP contribution in [0, 0.1) is 13.8 Å². The lowest BCUT2D eigenvalue weighted by Gasteiger charge is -2.18. The third kappa shape index (κ3) is 2.27. The molecule has 0 heterocycles. The highest BCUT2D eigenvalue weighted by Crippen LogP contribution is 2.35. The summed E-state index contributed by atoms with van der Waals surface area (Å²) in [7, 11) is 1.67. The molecule has 0 amide bonds. The van der Waals surface area contributed by atoms with Crippen molar-refractivity contribution in [3.63, 3.8) is 0 Å². The number of benzene rings is 1. The fourth-order valence-electron chi connectivity index (χ4n) is 1.82. The van der Waals surface area contributed by atoms with Crippen LogP contribution in [-0.2, 0) is 0 Å². The minimum absolute atomic E-state index is 0.303. The third-order valence-electron chi connectivity index (χ3n) is 2.84. The standard InChI is InChI=1S/C12H18ClNO/c1-7(6-14)10-5-11(13)9(3)12(15-4)8(10)2/h5,7H,6,14H2,1-4H3. The lowest BCUT2D eigenvalue weighted by atomic mass is 9.94. The van der Waals surface area contributed by atoms with Crippen LogP contribution < -0.4 is 10.5 Å². The van der Waals surface area contributed by atoms with Crippen molar-refractivity contribution in [1.82, 2.24) is 0 Å². The predicted octanol–water partition coefficient (Wildman–Crippen LogP) is 3.03. The van der Waals surface area contributed by atoms with Crippen molar-refractivity contribution in [2.45, 2.75) is 26.7 Å². The second kappa shape index (κ2) is 4.86. The molecular formula is C12H18ClNO. The molecule has 1 aromatic rings. The van der Waals surface area contributed by atoms with E-state index in [1.807, 2.05) is 19.9 Å². The Kier molecular flexibility index (Phi) is 4.00. The topological polar surface area (TPSA) is 35.2 Å². The quantitative estimate of drug-likeness (QED) is 0.862. The van der Waals surface area contributed by atoms with Gasteiger partial charge in [-0.05, 0) is 43.5 Å². The molecule has 1 rings (SSSR count). The Balaban J connectivity index is 3.36. The van der Waals surface area contributed by atoms with E-state index in [4.69, 9.17) is 22.1 Å². The highest BCUT2D eigenvalue weighted by atomic mass is 35.5. The van der Waals surface area contributed by atoms with Crippen molar-refractivity contribution in [3.05, 3.63) is 27.8 Å². The summed E-state index contributed by atoms with van der Waals surface area (Å²) < 4.78 is 5.37. The maximum atomic E-state index is 6.15. The van der Waals surface area contributed by atoms with Gasteiger partial charge in [-0.3, -0.25) is 0 Å². The first-order valence-corrected chi connectivity index (χ1v) is 5.44. The molecule has 3 heteroatoms. The Morgan fingerprint density at radius 1 is 1.40 bits per heavy atom. The average Bonchev–Trinajstić information content (AvgIpc) is 2.23. The van der Waals surface area contributed by atoms with Crippen molar-refractivity contribution >= 4 is 11.6 Å². The minimum Gasteiger partial charge on any atom is -0.496 e. The highest BCUT2D eigenvalue weighted by molar-refractivity contribution is 6.31. The summed E-state index contributed by atoms with van der Waals surface area (Å²) in [6, 6.07) is 1.99. The SMILES string of the molecule is COc1c(C)c(Cl)cc(C(C)CN)c1C. The van der Waals surface area contributed by atoms with E-state index >= 15 is 0 Å². The fraction of sp³-hybridized carbons (Fsp3) is 0.500. The number of hydrogen-bond acceptors (Lipinski definition) is 2. The monoisotopic (exact) mass is 227 g/mol. The maximum absolute atomic E-state index is 6.15. The summed E-state index contributed by atoms with van der Waals surface area (Å²) in [4.78, 5) is 0. The second-order valence-corrected chi connectivity index (χ2v) is 4.27. The van der Waals surface area contributed by atoms with Gasteiger partial charge < -0.3 is 10.5 Å². The molecule has 0 radical (unpaired) electrons. The molecule has 1 atom stereocenters. The summed E-state index contributed by atoms with van der Waals surface area (Å²) >= 11 is 6.15. The average molecular weight is 228 g/mol. The Labute approximate surface area is 96.4 Å². The van der Waals surface area contributed by atoms with Crippen LogP contribution in [0.4, 0.5) is 0 Å². The van der Waals surface area contributed by atoms with Crippen LogP contribution in [0.1, 0.15) is 29.5 Å². The van der Waals surface area contributed by atoms with E-state index in [9.17, 15) is 0 Å². The van der Waals surface area contributed by atoms with Crippen molar-refractivity contribution in [2.24, 2.45) is 5.73 Å². The first-order chi connectivity index (χ1) is 7.02. The Hall–Kier alpha value is -0.730. The number of ether oxygens (including phenoxy) is 1. The van der Waals surface area contributed by atoms with E-state index in [1.165, 1.54) is 5.56 Å². The number of halogens is 1. The molecule has 2 N–H and O–H groups in total. The Bertz CT molecular complexity index is 363. The molecule has 0 aromatic heterocycles. The predicted molar refractivity (Wildman–Crippen MR) is 64.9 cm³/mol. The van der Waals surface area contributed by atoms with E-state index in [2.05, 4.69) is 6.92 Å². The summed E-state index contributed by atoms with van der Waals surface area (Å²) in [6.45, 7) is 6.71. The number of methoxy groups -OCH3 is 1. The van der Waals surface area contributed by atoms with Gasteiger partial charge in [-0.2, -0.15) is 0 Å². The van der Waals surface area contributed by atoms with E-state index in [-0.39, 0.29) is 0 Å². The third-order valence-corrected chi connectivity index (χ3v) is 3.24. The highest BCUT2D eigenvalue weighted by Gasteiger charge is 2.15. The minimum atomic E-state index is 0.303. The molecule has 84 valence electrons. The molecule has 0 aliphatic rings. The van der Waals surface area contributed by atoms with Crippen LogP contribution in [0.2, 0.25) is 5.02 Å². The number of hydrogen-bond donors (Lipinski definition) is 1. The maximum Gasteiger partial charge on any atom is 0.126 e. The van der Waals surface area contributed by atoms with Gasteiger partial charge in [-0.1, -0.05) is 18.5 Å². The molecule has 0 fully saturated rings. The molecular weight excluding hydrogens is 210 g/mol. The van der Waals surface area contributed by atoms with Gasteiger partial charge in [0.1, 0.15) is 5.75 Å². The lowest BCUT2D eigenvalue weighted by Crippen LogP contribution is -2.11. The summed E-state index contributed by atoms with van der Waals surface area (Å²) in [5, 5.41) is 0.743. The molecule has 0 saturated carbocycles. The first kappa shape index (κ1) is 12.3.